The van der Waals surface area contributed by atoms with Crippen LogP contribution in [0.15, 0.2) is 4.52 Å². The van der Waals surface area contributed by atoms with Gasteiger partial charge in [0.15, 0.2) is 5.82 Å². The van der Waals surface area contributed by atoms with E-state index in [-0.39, 0.29) is 5.41 Å². The van der Waals surface area contributed by atoms with Gasteiger partial charge in [0, 0.05) is 12.5 Å². The Balaban J connectivity index is 1.82. The van der Waals surface area contributed by atoms with Crippen LogP contribution in [-0.4, -0.2) is 23.2 Å². The Hall–Kier alpha value is -0.900. The van der Waals surface area contributed by atoms with Crippen molar-refractivity contribution in [3.05, 3.63) is 11.7 Å². The third-order valence-corrected chi connectivity index (χ3v) is 4.51. The number of nitrogens with one attached hydrogen (secondary N) is 1. The third kappa shape index (κ3) is 1.88. The second-order valence-corrected chi connectivity index (χ2v) is 5.50. The summed E-state index contributed by atoms with van der Waals surface area (Å²) >= 11 is 0. The summed E-state index contributed by atoms with van der Waals surface area (Å²) in [5.41, 5.74) is 0.0905. The van der Waals surface area contributed by atoms with Crippen LogP contribution in [-0.2, 0) is 5.41 Å². The standard InChI is InChI=1S/C13H21N3O/c1-2-13(7-4-8-14-9-13)12-15-11(16-17-12)10-5-3-6-10/h10,14H,2-9H2,1H3. The normalized spacial score (nSPS) is 30.2. The van der Waals surface area contributed by atoms with Gasteiger partial charge in [-0.2, -0.15) is 4.98 Å². The highest BCUT2D eigenvalue weighted by molar-refractivity contribution is 5.10. The van der Waals surface area contributed by atoms with Crippen LogP contribution < -0.4 is 5.32 Å². The molecule has 1 atom stereocenters. The second-order valence-electron chi connectivity index (χ2n) is 5.50. The highest BCUT2D eigenvalue weighted by Gasteiger charge is 2.38. The maximum Gasteiger partial charge on any atom is 0.234 e. The minimum absolute atomic E-state index is 0.0905. The topological polar surface area (TPSA) is 51.0 Å². The van der Waals surface area contributed by atoms with Gasteiger partial charge >= 0.3 is 0 Å². The third-order valence-electron chi connectivity index (χ3n) is 4.51. The Morgan fingerprint density at radius 1 is 1.41 bits per heavy atom. The fourth-order valence-corrected chi connectivity index (χ4v) is 2.89. The molecule has 2 heterocycles. The molecule has 4 heteroatoms. The molecule has 0 amide bonds. The van der Waals surface area contributed by atoms with E-state index < -0.39 is 0 Å². The van der Waals surface area contributed by atoms with Crippen LogP contribution in [0.2, 0.25) is 0 Å². The van der Waals surface area contributed by atoms with Gasteiger partial charge in [-0.1, -0.05) is 18.5 Å². The molecule has 0 bridgehead atoms. The van der Waals surface area contributed by atoms with E-state index in [0.717, 1.165) is 31.2 Å². The molecule has 3 rings (SSSR count). The molecule has 94 valence electrons. The summed E-state index contributed by atoms with van der Waals surface area (Å²) in [7, 11) is 0. The highest BCUT2D eigenvalue weighted by Crippen LogP contribution is 2.38. The summed E-state index contributed by atoms with van der Waals surface area (Å²) in [6.45, 7) is 4.32. The van der Waals surface area contributed by atoms with E-state index in [1.807, 2.05) is 0 Å². The number of nitrogens with zero attached hydrogens (tertiary/aromatic N) is 2. The van der Waals surface area contributed by atoms with Gasteiger partial charge < -0.3 is 9.84 Å². The van der Waals surface area contributed by atoms with Crippen LogP contribution in [0.5, 0.6) is 0 Å². The SMILES string of the molecule is CCC1(c2nc(C3CCC3)no2)CCCNC1. The molecule has 1 aromatic heterocycles. The molecular weight excluding hydrogens is 214 g/mol. The Bertz CT molecular complexity index is 378. The van der Waals surface area contributed by atoms with E-state index in [1.165, 1.54) is 32.1 Å². The average Bonchev–Trinajstić information content (AvgIpc) is 2.77. The predicted molar refractivity (Wildman–Crippen MR) is 65.0 cm³/mol. The Morgan fingerprint density at radius 2 is 2.29 bits per heavy atom. The van der Waals surface area contributed by atoms with Crippen molar-refractivity contribution in [2.45, 2.75) is 56.8 Å². The molecule has 1 aliphatic heterocycles. The van der Waals surface area contributed by atoms with Gasteiger partial charge in [0.1, 0.15) is 0 Å². The minimum atomic E-state index is 0.0905. The van der Waals surface area contributed by atoms with Crippen LogP contribution in [0.25, 0.3) is 0 Å². The molecule has 1 aromatic rings. The van der Waals surface area contributed by atoms with E-state index >= 15 is 0 Å². The first-order valence-corrected chi connectivity index (χ1v) is 6.89. The summed E-state index contributed by atoms with van der Waals surface area (Å²) < 4.78 is 5.55. The molecule has 1 N–H and O–H groups in total. The molecule has 0 radical (unpaired) electrons. The van der Waals surface area contributed by atoms with Crippen molar-refractivity contribution in [2.75, 3.05) is 13.1 Å². The quantitative estimate of drug-likeness (QED) is 0.874. The van der Waals surface area contributed by atoms with Crippen molar-refractivity contribution >= 4 is 0 Å². The summed E-state index contributed by atoms with van der Waals surface area (Å²) in [5.74, 6) is 2.39. The number of piperidine rings is 1. The average molecular weight is 235 g/mol. The van der Waals surface area contributed by atoms with Gasteiger partial charge in [-0.3, -0.25) is 0 Å². The van der Waals surface area contributed by atoms with Crippen molar-refractivity contribution in [3.63, 3.8) is 0 Å². The van der Waals surface area contributed by atoms with Crippen LogP contribution in [0, 0.1) is 0 Å². The lowest BCUT2D eigenvalue weighted by atomic mass is 9.78. The summed E-state index contributed by atoms with van der Waals surface area (Å²) in [4.78, 5) is 4.68. The molecule has 2 aliphatic rings. The molecular formula is C13H21N3O. The summed E-state index contributed by atoms with van der Waals surface area (Å²) in [6.07, 6.45) is 7.23. The van der Waals surface area contributed by atoms with Crippen LogP contribution >= 0.6 is 0 Å². The Labute approximate surface area is 102 Å². The molecule has 1 saturated heterocycles. The molecule has 1 aliphatic carbocycles. The monoisotopic (exact) mass is 235 g/mol. The Kier molecular flexibility index (Phi) is 2.90. The first kappa shape index (κ1) is 11.2. The van der Waals surface area contributed by atoms with E-state index in [4.69, 9.17) is 4.52 Å². The predicted octanol–water partition coefficient (Wildman–Crippen LogP) is 2.37. The number of hydrogen-bond donors (Lipinski definition) is 1. The zero-order valence-corrected chi connectivity index (χ0v) is 10.5. The van der Waals surface area contributed by atoms with Crippen molar-refractivity contribution in [2.24, 2.45) is 0 Å². The maximum atomic E-state index is 5.55. The van der Waals surface area contributed by atoms with Crippen molar-refractivity contribution in [1.82, 2.24) is 15.5 Å². The molecule has 0 aromatic carbocycles. The minimum Gasteiger partial charge on any atom is -0.339 e. The van der Waals surface area contributed by atoms with Crippen LogP contribution in [0.3, 0.4) is 0 Å². The molecule has 17 heavy (non-hydrogen) atoms. The second kappa shape index (κ2) is 4.41. The lowest BCUT2D eigenvalue weighted by Crippen LogP contribution is -2.43. The molecule has 1 unspecified atom stereocenters. The zero-order valence-electron chi connectivity index (χ0n) is 10.5. The van der Waals surface area contributed by atoms with Crippen LogP contribution in [0.4, 0.5) is 0 Å². The fraction of sp³-hybridized carbons (Fsp3) is 0.846. The number of aromatic nitrogens is 2. The Morgan fingerprint density at radius 3 is 2.88 bits per heavy atom. The van der Waals surface area contributed by atoms with E-state index in [0.29, 0.717) is 5.92 Å². The van der Waals surface area contributed by atoms with Crippen molar-refractivity contribution in [3.8, 4) is 0 Å². The molecule has 4 nitrogen and oxygen atoms in total. The van der Waals surface area contributed by atoms with Crippen LogP contribution in [0.1, 0.15) is 63.1 Å². The van der Waals surface area contributed by atoms with Gasteiger partial charge in [0.2, 0.25) is 5.89 Å². The zero-order chi connectivity index (χ0) is 11.7. The lowest BCUT2D eigenvalue weighted by Gasteiger charge is -2.33. The molecule has 1 saturated carbocycles. The fourth-order valence-electron chi connectivity index (χ4n) is 2.89. The van der Waals surface area contributed by atoms with E-state index in [2.05, 4.69) is 22.4 Å². The summed E-state index contributed by atoms with van der Waals surface area (Å²) in [5, 5.41) is 7.66. The van der Waals surface area contributed by atoms with Gasteiger partial charge in [-0.15, -0.1) is 0 Å². The smallest absolute Gasteiger partial charge is 0.234 e. The largest absolute Gasteiger partial charge is 0.339 e. The van der Waals surface area contributed by atoms with Gasteiger partial charge in [-0.05, 0) is 38.6 Å². The van der Waals surface area contributed by atoms with Gasteiger partial charge in [0.25, 0.3) is 0 Å². The van der Waals surface area contributed by atoms with E-state index in [1.54, 1.807) is 0 Å². The number of rotatable bonds is 3. The molecule has 0 spiro atoms. The first-order chi connectivity index (χ1) is 8.34. The number of hydrogen-bond acceptors (Lipinski definition) is 4. The van der Waals surface area contributed by atoms with Crippen molar-refractivity contribution in [1.29, 1.82) is 0 Å². The van der Waals surface area contributed by atoms with Gasteiger partial charge in [0.05, 0.1) is 5.41 Å². The molecule has 2 fully saturated rings. The van der Waals surface area contributed by atoms with E-state index in [9.17, 15) is 0 Å². The van der Waals surface area contributed by atoms with Crippen molar-refractivity contribution < 1.29 is 4.52 Å². The lowest BCUT2D eigenvalue weighted by molar-refractivity contribution is 0.220. The maximum absolute atomic E-state index is 5.55. The highest BCUT2D eigenvalue weighted by atomic mass is 16.5. The first-order valence-electron chi connectivity index (χ1n) is 6.89. The summed E-state index contributed by atoms with van der Waals surface area (Å²) in [6, 6.07) is 0. The van der Waals surface area contributed by atoms with Gasteiger partial charge in [-0.25, -0.2) is 0 Å².